The van der Waals surface area contributed by atoms with E-state index in [2.05, 4.69) is 52.0 Å². The smallest absolute Gasteiger partial charge is 0.0917 e. The van der Waals surface area contributed by atoms with E-state index in [0.717, 1.165) is 29.5 Å². The van der Waals surface area contributed by atoms with Gasteiger partial charge in [-0.1, -0.05) is 65.3 Å². The Balaban J connectivity index is 2.02. The van der Waals surface area contributed by atoms with Crippen LogP contribution >= 0.6 is 15.9 Å². The van der Waals surface area contributed by atoms with Gasteiger partial charge < -0.3 is 5.11 Å². The first-order chi connectivity index (χ1) is 10.2. The summed E-state index contributed by atoms with van der Waals surface area (Å²) in [5, 5.41) is 10.5. The van der Waals surface area contributed by atoms with Gasteiger partial charge in [0.1, 0.15) is 0 Å². The summed E-state index contributed by atoms with van der Waals surface area (Å²) in [7, 11) is 0. The van der Waals surface area contributed by atoms with Crippen molar-refractivity contribution in [3.8, 4) is 0 Å². The predicted octanol–water partition coefficient (Wildman–Crippen LogP) is 4.39. The summed E-state index contributed by atoms with van der Waals surface area (Å²) in [5.41, 5.74) is 2.24. The van der Waals surface area contributed by atoms with Crippen LogP contribution in [0.5, 0.6) is 0 Å². The van der Waals surface area contributed by atoms with E-state index in [-0.39, 0.29) is 0 Å². The molecule has 0 aromatic heterocycles. The fraction of sp³-hybridized carbons (Fsp3) is 0.333. The van der Waals surface area contributed by atoms with Gasteiger partial charge in [0, 0.05) is 17.6 Å². The Hall–Kier alpha value is -1.16. The molecule has 2 nitrogen and oxygen atoms in total. The van der Waals surface area contributed by atoms with Crippen molar-refractivity contribution in [1.82, 2.24) is 4.90 Å². The average molecular weight is 348 g/mol. The molecule has 1 atom stereocenters. The number of benzene rings is 2. The molecule has 0 unspecified atom stereocenters. The van der Waals surface area contributed by atoms with Gasteiger partial charge in [-0.25, -0.2) is 0 Å². The molecule has 0 aliphatic carbocycles. The van der Waals surface area contributed by atoms with Crippen LogP contribution in [0.25, 0.3) is 0 Å². The lowest BCUT2D eigenvalue weighted by Gasteiger charge is -2.25. The molecule has 3 heteroatoms. The minimum absolute atomic E-state index is 0.460. The highest BCUT2D eigenvalue weighted by molar-refractivity contribution is 9.10. The minimum atomic E-state index is -0.460. The zero-order valence-corrected chi connectivity index (χ0v) is 14.0. The molecule has 0 fully saturated rings. The van der Waals surface area contributed by atoms with Crippen molar-refractivity contribution in [3.63, 3.8) is 0 Å². The molecular formula is C18H22BrNO. The van der Waals surface area contributed by atoms with Gasteiger partial charge in [0.05, 0.1) is 6.10 Å². The second-order valence-corrected chi connectivity index (χ2v) is 6.21. The molecule has 2 aromatic carbocycles. The second kappa shape index (κ2) is 8.32. The third kappa shape index (κ3) is 5.27. The zero-order chi connectivity index (χ0) is 15.1. The van der Waals surface area contributed by atoms with Crippen molar-refractivity contribution in [2.45, 2.75) is 26.0 Å². The van der Waals surface area contributed by atoms with Crippen LogP contribution in [0.15, 0.2) is 59.1 Å². The second-order valence-electron chi connectivity index (χ2n) is 5.29. The van der Waals surface area contributed by atoms with Gasteiger partial charge in [0.2, 0.25) is 0 Å². The fourth-order valence-corrected chi connectivity index (χ4v) is 2.87. The summed E-state index contributed by atoms with van der Waals surface area (Å²) in [6, 6.07) is 18.3. The van der Waals surface area contributed by atoms with Crippen LogP contribution in [0.2, 0.25) is 0 Å². The van der Waals surface area contributed by atoms with E-state index in [0.29, 0.717) is 6.54 Å². The Kier molecular flexibility index (Phi) is 6.43. The molecule has 0 saturated heterocycles. The highest BCUT2D eigenvalue weighted by atomic mass is 79.9. The van der Waals surface area contributed by atoms with Gasteiger partial charge >= 0.3 is 0 Å². The van der Waals surface area contributed by atoms with Crippen molar-refractivity contribution in [2.24, 2.45) is 0 Å². The molecule has 2 rings (SSSR count). The number of nitrogens with zero attached hydrogens (tertiary/aromatic N) is 1. The Morgan fingerprint density at radius 3 is 2.52 bits per heavy atom. The number of halogens is 1. The first-order valence-electron chi connectivity index (χ1n) is 7.39. The van der Waals surface area contributed by atoms with E-state index < -0.39 is 6.10 Å². The fourth-order valence-electron chi connectivity index (χ4n) is 2.46. The van der Waals surface area contributed by atoms with Crippen LogP contribution in [0.4, 0.5) is 0 Å². The lowest BCUT2D eigenvalue weighted by atomic mass is 10.1. The first-order valence-corrected chi connectivity index (χ1v) is 8.18. The van der Waals surface area contributed by atoms with Crippen molar-refractivity contribution >= 4 is 15.9 Å². The Bertz CT molecular complexity index is 544. The van der Waals surface area contributed by atoms with E-state index >= 15 is 0 Å². The summed E-state index contributed by atoms with van der Waals surface area (Å²) >= 11 is 3.46. The summed E-state index contributed by atoms with van der Waals surface area (Å²) in [6.45, 7) is 4.68. The van der Waals surface area contributed by atoms with E-state index in [9.17, 15) is 5.11 Å². The van der Waals surface area contributed by atoms with Gasteiger partial charge in [-0.2, -0.15) is 0 Å². The van der Waals surface area contributed by atoms with Gasteiger partial charge in [0.25, 0.3) is 0 Å². The average Bonchev–Trinajstić information content (AvgIpc) is 2.48. The first kappa shape index (κ1) is 16.2. The lowest BCUT2D eigenvalue weighted by molar-refractivity contribution is 0.109. The van der Waals surface area contributed by atoms with E-state index in [4.69, 9.17) is 0 Å². The molecule has 1 N–H and O–H groups in total. The molecule has 0 bridgehead atoms. The SMILES string of the molecule is CCCN(Cc1ccccc1)C[C@@H](O)c1cccc(Br)c1. The highest BCUT2D eigenvalue weighted by Gasteiger charge is 2.13. The maximum absolute atomic E-state index is 10.5. The Labute approximate surface area is 135 Å². The van der Waals surface area contributed by atoms with Crippen LogP contribution < -0.4 is 0 Å². The van der Waals surface area contributed by atoms with Gasteiger partial charge in [0.15, 0.2) is 0 Å². The molecule has 0 saturated carbocycles. The molecule has 0 radical (unpaired) electrons. The number of hydrogen-bond acceptors (Lipinski definition) is 2. The third-order valence-corrected chi connectivity index (χ3v) is 3.95. The summed E-state index contributed by atoms with van der Waals surface area (Å²) < 4.78 is 1.00. The highest BCUT2D eigenvalue weighted by Crippen LogP contribution is 2.20. The van der Waals surface area contributed by atoms with Crippen molar-refractivity contribution in [3.05, 3.63) is 70.2 Å². The standard InChI is InChI=1S/C18H22BrNO/c1-2-11-20(13-15-7-4-3-5-8-15)14-18(21)16-9-6-10-17(19)12-16/h3-10,12,18,21H,2,11,13-14H2,1H3/t18-/m1/s1. The number of rotatable bonds is 7. The Morgan fingerprint density at radius 2 is 1.86 bits per heavy atom. The quantitative estimate of drug-likeness (QED) is 0.802. The summed E-state index contributed by atoms with van der Waals surface area (Å²) in [4.78, 5) is 2.31. The molecule has 0 aliphatic heterocycles. The number of hydrogen-bond donors (Lipinski definition) is 1. The molecule has 0 heterocycles. The van der Waals surface area contributed by atoms with Crippen LogP contribution in [0, 0.1) is 0 Å². The minimum Gasteiger partial charge on any atom is -0.387 e. The largest absolute Gasteiger partial charge is 0.387 e. The van der Waals surface area contributed by atoms with Gasteiger partial charge in [-0.05, 0) is 36.2 Å². The maximum atomic E-state index is 10.5. The topological polar surface area (TPSA) is 23.5 Å². The molecule has 2 aromatic rings. The third-order valence-electron chi connectivity index (χ3n) is 3.45. The summed E-state index contributed by atoms with van der Waals surface area (Å²) in [5.74, 6) is 0. The molecular weight excluding hydrogens is 326 g/mol. The van der Waals surface area contributed by atoms with Crippen molar-refractivity contribution < 1.29 is 5.11 Å². The van der Waals surface area contributed by atoms with Crippen LogP contribution in [0.3, 0.4) is 0 Å². The molecule has 0 spiro atoms. The van der Waals surface area contributed by atoms with Crippen LogP contribution in [-0.2, 0) is 6.54 Å². The van der Waals surface area contributed by atoms with E-state index in [1.807, 2.05) is 30.3 Å². The number of aliphatic hydroxyl groups excluding tert-OH is 1. The molecule has 21 heavy (non-hydrogen) atoms. The molecule has 0 amide bonds. The van der Waals surface area contributed by atoms with Crippen molar-refractivity contribution in [2.75, 3.05) is 13.1 Å². The normalized spacial score (nSPS) is 12.6. The van der Waals surface area contributed by atoms with Crippen LogP contribution in [-0.4, -0.2) is 23.1 Å². The molecule has 0 aliphatic rings. The molecule has 112 valence electrons. The van der Waals surface area contributed by atoms with E-state index in [1.165, 1.54) is 5.56 Å². The number of aliphatic hydroxyl groups is 1. The van der Waals surface area contributed by atoms with Crippen molar-refractivity contribution in [1.29, 1.82) is 0 Å². The zero-order valence-electron chi connectivity index (χ0n) is 12.4. The van der Waals surface area contributed by atoms with E-state index in [1.54, 1.807) is 0 Å². The predicted molar refractivity (Wildman–Crippen MR) is 91.1 cm³/mol. The summed E-state index contributed by atoms with van der Waals surface area (Å²) in [6.07, 6.45) is 0.621. The van der Waals surface area contributed by atoms with Gasteiger partial charge in [-0.3, -0.25) is 4.90 Å². The monoisotopic (exact) mass is 347 g/mol. The lowest BCUT2D eigenvalue weighted by Crippen LogP contribution is -2.29. The van der Waals surface area contributed by atoms with Crippen LogP contribution in [0.1, 0.15) is 30.6 Å². The Morgan fingerprint density at radius 1 is 1.10 bits per heavy atom. The van der Waals surface area contributed by atoms with Gasteiger partial charge in [-0.15, -0.1) is 0 Å². The maximum Gasteiger partial charge on any atom is 0.0917 e.